The number of phosphoric ester groups is 1. The molecule has 0 fully saturated rings. The minimum absolute atomic E-state index is 0.0627. The molecular weight excluding hydrogens is 948 g/mol. The Bertz CT molecular complexity index is 1360. The fourth-order valence-corrected chi connectivity index (χ4v) is 10.4. The van der Waals surface area contributed by atoms with Crippen molar-refractivity contribution in [3.8, 4) is 0 Å². The molecule has 0 aromatic rings. The summed E-state index contributed by atoms with van der Waals surface area (Å²) in [7, 11) is 1.58. The molecule has 0 aliphatic heterocycles. The number of rotatable bonds is 60. The molecule has 0 saturated carbocycles. The van der Waals surface area contributed by atoms with Gasteiger partial charge in [0, 0.05) is 6.42 Å². The first kappa shape index (κ1) is 73.5. The Morgan fingerprint density at radius 2 is 0.760 bits per heavy atom. The van der Waals surface area contributed by atoms with Gasteiger partial charge in [0.1, 0.15) is 13.2 Å². The molecule has 0 aliphatic carbocycles. The second kappa shape index (κ2) is 57.2. The van der Waals surface area contributed by atoms with E-state index in [9.17, 15) is 19.4 Å². The minimum atomic E-state index is -4.35. The summed E-state index contributed by atoms with van der Waals surface area (Å²) in [6.45, 7) is 4.84. The first-order valence-corrected chi connectivity index (χ1v) is 34.0. The van der Waals surface area contributed by atoms with Crippen LogP contribution in [0.15, 0.2) is 48.6 Å². The van der Waals surface area contributed by atoms with Crippen molar-refractivity contribution in [2.75, 3.05) is 40.9 Å². The van der Waals surface area contributed by atoms with Crippen LogP contribution < -0.4 is 5.32 Å². The lowest BCUT2D eigenvalue weighted by Gasteiger charge is -2.25. The van der Waals surface area contributed by atoms with Crippen LogP contribution in [0.5, 0.6) is 0 Å². The number of hydrogen-bond acceptors (Lipinski definition) is 5. The van der Waals surface area contributed by atoms with Gasteiger partial charge in [-0.25, -0.2) is 4.57 Å². The predicted octanol–water partition coefficient (Wildman–Crippen LogP) is 20.3. The monoisotopic (exact) mass is 1080 g/mol. The molecule has 0 saturated heterocycles. The number of quaternary nitrogens is 1. The maximum atomic E-state index is 13.0. The zero-order chi connectivity index (χ0) is 54.9. The minimum Gasteiger partial charge on any atom is -0.387 e. The third-order valence-corrected chi connectivity index (χ3v) is 15.8. The number of carbonyl (C=O) groups excluding carboxylic acids is 1. The summed E-state index contributed by atoms with van der Waals surface area (Å²) in [5.74, 6) is -0.172. The van der Waals surface area contributed by atoms with Gasteiger partial charge in [-0.15, -0.1) is 0 Å². The lowest BCUT2D eigenvalue weighted by Crippen LogP contribution is -2.45. The SMILES string of the molecule is CCCCCCC/C=C\C/C=C\C/C=C\CCCCCCCCCCCCCCCCCCCCCCC(=O)NC(COP(=O)(O)OCC[N+](C)(C)C)C(O)/C=C/CCCCCCCCCCCCCCCCCC. The van der Waals surface area contributed by atoms with Crippen molar-refractivity contribution in [2.24, 2.45) is 0 Å². The summed E-state index contributed by atoms with van der Waals surface area (Å²) < 4.78 is 23.8. The smallest absolute Gasteiger partial charge is 0.387 e. The second-order valence-corrected chi connectivity index (χ2v) is 24.9. The molecule has 3 N–H and O–H groups in total. The van der Waals surface area contributed by atoms with E-state index in [1.54, 1.807) is 6.08 Å². The van der Waals surface area contributed by atoms with Crippen molar-refractivity contribution in [1.82, 2.24) is 5.32 Å². The zero-order valence-electron chi connectivity index (χ0n) is 50.6. The molecule has 3 atom stereocenters. The molecule has 442 valence electrons. The fourth-order valence-electron chi connectivity index (χ4n) is 9.70. The van der Waals surface area contributed by atoms with E-state index in [0.717, 1.165) is 51.4 Å². The molecular formula is C66H128N2O6P+. The highest BCUT2D eigenvalue weighted by molar-refractivity contribution is 7.47. The molecule has 0 heterocycles. The number of nitrogens with zero attached hydrogens (tertiary/aromatic N) is 1. The zero-order valence-corrected chi connectivity index (χ0v) is 51.4. The number of allylic oxidation sites excluding steroid dienone is 7. The van der Waals surface area contributed by atoms with Crippen LogP contribution in [0.4, 0.5) is 0 Å². The van der Waals surface area contributed by atoms with Crippen LogP contribution in [-0.2, 0) is 18.4 Å². The van der Waals surface area contributed by atoms with Crippen molar-refractivity contribution in [2.45, 2.75) is 328 Å². The van der Waals surface area contributed by atoms with Crippen molar-refractivity contribution in [3.63, 3.8) is 0 Å². The summed E-state index contributed by atoms with van der Waals surface area (Å²) >= 11 is 0. The fraction of sp³-hybridized carbons (Fsp3) is 0.864. The van der Waals surface area contributed by atoms with Crippen molar-refractivity contribution in [3.05, 3.63) is 48.6 Å². The van der Waals surface area contributed by atoms with E-state index in [2.05, 4.69) is 55.6 Å². The van der Waals surface area contributed by atoms with Gasteiger partial charge in [0.25, 0.3) is 0 Å². The molecule has 0 radical (unpaired) electrons. The van der Waals surface area contributed by atoms with Crippen molar-refractivity contribution >= 4 is 13.7 Å². The maximum absolute atomic E-state index is 13.0. The predicted molar refractivity (Wildman–Crippen MR) is 327 cm³/mol. The summed E-state index contributed by atoms with van der Waals surface area (Å²) in [5, 5.41) is 14.0. The van der Waals surface area contributed by atoms with Gasteiger partial charge in [-0.3, -0.25) is 13.8 Å². The standard InChI is InChI=1S/C66H127N2O6P/c1-6-8-10-12-14-16-18-20-22-24-26-27-28-29-30-31-32-33-34-35-36-37-38-39-40-41-42-44-46-48-50-52-54-56-58-60-66(70)67-64(63-74-75(71,72)73-62-61-68(3,4)5)65(69)59-57-55-53-51-49-47-45-43-25-23-21-19-17-15-13-11-9-7-2/h18,20,24,26,28-29,57,59,64-65,69H,6-17,19,21-23,25,27,30-56,58,60-63H2,1-5H3,(H-,67,70,71,72)/p+1/b20-18-,26-24-,29-28-,59-57+. The number of hydrogen-bond donors (Lipinski definition) is 3. The van der Waals surface area contributed by atoms with Crippen LogP contribution in [0.25, 0.3) is 0 Å². The summed E-state index contributed by atoms with van der Waals surface area (Å²) in [6, 6.07) is -0.846. The Labute approximate surface area is 467 Å². The molecule has 8 nitrogen and oxygen atoms in total. The summed E-state index contributed by atoms with van der Waals surface area (Å²) in [5.41, 5.74) is 0. The number of nitrogens with one attached hydrogen (secondary N) is 1. The van der Waals surface area contributed by atoms with Gasteiger partial charge in [0.15, 0.2) is 0 Å². The highest BCUT2D eigenvalue weighted by atomic mass is 31.2. The van der Waals surface area contributed by atoms with E-state index < -0.39 is 20.0 Å². The molecule has 1 amide bonds. The van der Waals surface area contributed by atoms with Crippen LogP contribution in [0.1, 0.15) is 316 Å². The van der Waals surface area contributed by atoms with Gasteiger partial charge in [-0.05, 0) is 57.8 Å². The number of aliphatic hydroxyl groups is 1. The van der Waals surface area contributed by atoms with Crippen LogP contribution >= 0.6 is 7.82 Å². The number of phosphoric acid groups is 1. The Morgan fingerprint density at radius 3 is 1.11 bits per heavy atom. The summed E-state index contributed by atoms with van der Waals surface area (Å²) in [4.78, 5) is 23.4. The number of unbranched alkanes of at least 4 members (excludes halogenated alkanes) is 41. The van der Waals surface area contributed by atoms with Gasteiger partial charge in [-0.1, -0.05) is 300 Å². The molecule has 0 aliphatic rings. The van der Waals surface area contributed by atoms with Crippen molar-refractivity contribution in [1.29, 1.82) is 0 Å². The Morgan fingerprint density at radius 1 is 0.453 bits per heavy atom. The molecule has 0 spiro atoms. The van der Waals surface area contributed by atoms with E-state index in [4.69, 9.17) is 9.05 Å². The first-order chi connectivity index (χ1) is 36.5. The van der Waals surface area contributed by atoms with Crippen LogP contribution in [0.2, 0.25) is 0 Å². The van der Waals surface area contributed by atoms with E-state index in [1.165, 1.54) is 244 Å². The Balaban J connectivity index is 4.01. The summed E-state index contributed by atoms with van der Waals surface area (Å²) in [6.07, 6.45) is 76.7. The molecule has 0 aromatic heterocycles. The largest absolute Gasteiger partial charge is 0.472 e. The van der Waals surface area contributed by atoms with E-state index in [1.807, 2.05) is 27.2 Å². The van der Waals surface area contributed by atoms with E-state index in [0.29, 0.717) is 17.4 Å². The molecule has 0 rings (SSSR count). The highest BCUT2D eigenvalue weighted by Gasteiger charge is 2.28. The average molecular weight is 1080 g/mol. The topological polar surface area (TPSA) is 105 Å². The van der Waals surface area contributed by atoms with Gasteiger partial charge in [0.05, 0.1) is 39.9 Å². The molecule has 0 aromatic carbocycles. The van der Waals surface area contributed by atoms with Crippen LogP contribution in [0.3, 0.4) is 0 Å². The molecule has 75 heavy (non-hydrogen) atoms. The van der Waals surface area contributed by atoms with Crippen LogP contribution in [-0.4, -0.2) is 73.4 Å². The molecule has 9 heteroatoms. The van der Waals surface area contributed by atoms with Crippen LogP contribution in [0, 0.1) is 0 Å². The van der Waals surface area contributed by atoms with Crippen molar-refractivity contribution < 1.29 is 32.9 Å². The first-order valence-electron chi connectivity index (χ1n) is 32.5. The number of carbonyl (C=O) groups is 1. The number of aliphatic hydroxyl groups excluding tert-OH is 1. The number of amides is 1. The quantitative estimate of drug-likeness (QED) is 0.0243. The lowest BCUT2D eigenvalue weighted by molar-refractivity contribution is -0.870. The molecule has 3 unspecified atom stereocenters. The Kier molecular flexibility index (Phi) is 56.0. The maximum Gasteiger partial charge on any atom is 0.472 e. The number of likely N-dealkylation sites (N-methyl/N-ethyl adjacent to an activating group) is 1. The van der Waals surface area contributed by atoms with Gasteiger partial charge in [-0.2, -0.15) is 0 Å². The van der Waals surface area contributed by atoms with Gasteiger partial charge < -0.3 is 19.8 Å². The normalized spacial score (nSPS) is 14.1. The Hall–Kier alpha value is -1.54. The molecule has 0 bridgehead atoms. The third-order valence-electron chi connectivity index (χ3n) is 14.8. The highest BCUT2D eigenvalue weighted by Crippen LogP contribution is 2.43. The average Bonchev–Trinajstić information content (AvgIpc) is 3.37. The third kappa shape index (κ3) is 60.0. The second-order valence-electron chi connectivity index (χ2n) is 23.5. The van der Waals surface area contributed by atoms with Gasteiger partial charge >= 0.3 is 7.82 Å². The van der Waals surface area contributed by atoms with E-state index in [-0.39, 0.29) is 19.1 Å². The van der Waals surface area contributed by atoms with Gasteiger partial charge in [0.2, 0.25) is 5.91 Å². The lowest BCUT2D eigenvalue weighted by atomic mass is 10.0. The van der Waals surface area contributed by atoms with E-state index >= 15 is 0 Å².